The van der Waals surface area contributed by atoms with Crippen LogP contribution in [0.5, 0.6) is 5.75 Å². The fourth-order valence-electron chi connectivity index (χ4n) is 9.10. The minimum Gasteiger partial charge on any atom is -0.508 e. The molecule has 2 bridgehead atoms. The summed E-state index contributed by atoms with van der Waals surface area (Å²) in [6, 6.07) is 6.32. The predicted molar refractivity (Wildman–Crippen MR) is 223 cm³/mol. The number of hydrogen-bond acceptors (Lipinski definition) is 11. The van der Waals surface area contributed by atoms with E-state index in [9.17, 15) is 29.7 Å². The Labute approximate surface area is 349 Å². The maximum absolute atomic E-state index is 15.0. The molecule has 8 unspecified atom stereocenters. The number of carbonyl (C=O) groups is 3. The molecule has 0 spiro atoms. The van der Waals surface area contributed by atoms with Crippen molar-refractivity contribution >= 4 is 39.3 Å². The van der Waals surface area contributed by atoms with Crippen LogP contribution in [0.1, 0.15) is 85.1 Å². The number of aromatic hydroxyl groups is 1. The van der Waals surface area contributed by atoms with Crippen LogP contribution < -0.4 is 0 Å². The lowest BCUT2D eigenvalue weighted by molar-refractivity contribution is -0.338. The normalized spacial score (nSPS) is 33.0. The molecule has 13 heteroatoms. The molecular formula is C47H53N3O10. The van der Waals surface area contributed by atoms with Gasteiger partial charge in [0, 0.05) is 47.4 Å². The molecule has 316 valence electrons. The van der Waals surface area contributed by atoms with Crippen molar-refractivity contribution in [2.24, 2.45) is 11.3 Å². The van der Waals surface area contributed by atoms with Crippen molar-refractivity contribution in [1.29, 1.82) is 0 Å². The summed E-state index contributed by atoms with van der Waals surface area (Å²) >= 11 is 0. The van der Waals surface area contributed by atoms with E-state index in [2.05, 4.69) is 33.6 Å². The second-order valence-corrected chi connectivity index (χ2v) is 16.7. The van der Waals surface area contributed by atoms with Crippen LogP contribution in [-0.2, 0) is 28.5 Å². The molecule has 4 N–H and O–H groups in total. The van der Waals surface area contributed by atoms with E-state index in [1.807, 2.05) is 27.7 Å². The second kappa shape index (κ2) is 16.7. The van der Waals surface area contributed by atoms with Crippen molar-refractivity contribution < 1.29 is 48.7 Å². The van der Waals surface area contributed by atoms with E-state index in [0.29, 0.717) is 51.4 Å². The minimum atomic E-state index is -1.81. The molecule has 2 aliphatic heterocycles. The van der Waals surface area contributed by atoms with Gasteiger partial charge in [-0.25, -0.2) is 0 Å². The Morgan fingerprint density at radius 2 is 1.90 bits per heavy atom. The second-order valence-electron chi connectivity index (χ2n) is 16.7. The summed E-state index contributed by atoms with van der Waals surface area (Å²) in [7, 11) is 0. The number of ketones is 2. The Balaban J connectivity index is 1.29. The molecule has 2 aromatic heterocycles. The van der Waals surface area contributed by atoms with Gasteiger partial charge < -0.3 is 44.2 Å². The number of ether oxygens (including phenoxy) is 4. The third-order valence-corrected chi connectivity index (χ3v) is 12.5. The molecule has 2 aliphatic carbocycles. The highest BCUT2D eigenvalue weighted by Gasteiger charge is 2.59. The van der Waals surface area contributed by atoms with E-state index in [4.69, 9.17) is 18.9 Å². The molecule has 3 aromatic rings. The minimum absolute atomic E-state index is 0.0583. The summed E-state index contributed by atoms with van der Waals surface area (Å²) in [6.07, 6.45) is -0.521. The molecule has 7 rings (SSSR count). The Morgan fingerprint density at radius 1 is 1.15 bits per heavy atom. The number of rotatable bonds is 9. The van der Waals surface area contributed by atoms with E-state index in [-0.39, 0.29) is 54.2 Å². The lowest BCUT2D eigenvalue weighted by Crippen LogP contribution is -2.65. The van der Waals surface area contributed by atoms with Crippen molar-refractivity contribution in [3.8, 4) is 29.4 Å². The highest BCUT2D eigenvalue weighted by atomic mass is 16.7. The number of hydrogen-bond donors (Lipinski definition) is 4. The lowest BCUT2D eigenvalue weighted by atomic mass is 9.70. The van der Waals surface area contributed by atoms with E-state index in [1.165, 1.54) is 25.3 Å². The Morgan fingerprint density at radius 3 is 2.60 bits per heavy atom. The summed E-state index contributed by atoms with van der Waals surface area (Å²) in [4.78, 5) is 50.8. The number of nitrogens with one attached hydrogen (secondary N) is 1. The first-order valence-corrected chi connectivity index (χ1v) is 20.5. The summed E-state index contributed by atoms with van der Waals surface area (Å²) in [6.45, 7) is 14.4. The summed E-state index contributed by atoms with van der Waals surface area (Å²) in [5, 5.41) is 36.2. The average molecular weight is 820 g/mol. The van der Waals surface area contributed by atoms with Crippen molar-refractivity contribution in [2.45, 2.75) is 129 Å². The van der Waals surface area contributed by atoms with Crippen LogP contribution >= 0.6 is 0 Å². The molecule has 0 radical (unpaired) electrons. The third-order valence-electron chi connectivity index (χ3n) is 12.5. The van der Waals surface area contributed by atoms with Gasteiger partial charge in [0.15, 0.2) is 29.7 Å². The van der Waals surface area contributed by atoms with E-state index < -0.39 is 53.8 Å². The van der Waals surface area contributed by atoms with Crippen LogP contribution in [-0.4, -0.2) is 109 Å². The SMILES string of the molecule is CC/C=C1\C2=C(C)C(=O)C[C@@]1(O)C#C/C=C\C#C[C@@H]2OC1OC(C)C(C)(C(=O)c2nccc3c2[nH]c2ccc(O)cc23)C(O)C1OC1CC(C)C(N(C(C)=O)C(C)C)CO1. The zero-order valence-electron chi connectivity index (χ0n) is 35.2. The Bertz CT molecular complexity index is 2440. The predicted octanol–water partition coefficient (Wildman–Crippen LogP) is 5.43. The zero-order chi connectivity index (χ0) is 43.3. The number of aromatic nitrogens is 2. The number of allylic oxidation sites excluding steroid dienone is 4. The fraction of sp³-hybridized carbons (Fsp3) is 0.489. The average Bonchev–Trinajstić information content (AvgIpc) is 3.57. The number of carbonyl (C=O) groups excluding carboxylic acids is 3. The Kier molecular flexibility index (Phi) is 12.0. The highest BCUT2D eigenvalue weighted by Crippen LogP contribution is 2.45. The molecule has 1 amide bonds. The molecule has 60 heavy (non-hydrogen) atoms. The topological polar surface area (TPSA) is 181 Å². The molecular weight excluding hydrogens is 767 g/mol. The van der Waals surface area contributed by atoms with Crippen LogP contribution in [0, 0.1) is 35.0 Å². The highest BCUT2D eigenvalue weighted by molar-refractivity contribution is 6.16. The van der Waals surface area contributed by atoms with Gasteiger partial charge in [0.2, 0.25) is 5.91 Å². The van der Waals surface area contributed by atoms with Crippen LogP contribution in [0.15, 0.2) is 65.4 Å². The number of fused-ring (bicyclic) bond motifs is 5. The maximum Gasteiger partial charge on any atom is 0.220 e. The number of benzene rings is 1. The quantitative estimate of drug-likeness (QED) is 0.160. The largest absolute Gasteiger partial charge is 0.508 e. The molecule has 4 aliphatic rings. The van der Waals surface area contributed by atoms with Gasteiger partial charge in [0.05, 0.1) is 36.1 Å². The van der Waals surface area contributed by atoms with Crippen molar-refractivity contribution in [2.75, 3.05) is 6.61 Å². The summed E-state index contributed by atoms with van der Waals surface area (Å²) < 4.78 is 26.4. The zero-order valence-corrected chi connectivity index (χ0v) is 35.2. The first-order valence-electron chi connectivity index (χ1n) is 20.5. The molecule has 2 fully saturated rings. The number of amides is 1. The first-order chi connectivity index (χ1) is 28.5. The maximum atomic E-state index is 15.0. The monoisotopic (exact) mass is 819 g/mol. The Hall–Kier alpha value is -5.12. The van der Waals surface area contributed by atoms with Gasteiger partial charge in [-0.2, -0.15) is 0 Å². The standard InChI is InChI=1S/C47H53N3O10/c1-9-14-33-39-27(5)36(53)23-47(33,56)19-13-11-10-12-15-37(39)59-45-42(60-38-21-26(4)35(24-57-38)50(25(2)3)29(7)51)44(55)46(8,28(6)58-45)43(54)41-40-31(18-20-48-41)32-22-30(52)16-17-34(32)49-40/h10-11,14,16-18,20,22,25-26,28,35,37-38,42,44-45,49,52,55-56H,9,21,23-24H2,1-8H3/b11-10-,33-14+/t26?,28?,35?,37-,38?,42?,44?,45?,46?,47-/m0/s1. The molecule has 13 nitrogen and oxygen atoms in total. The number of aliphatic hydroxyl groups is 2. The third kappa shape index (κ3) is 7.60. The fourth-order valence-corrected chi connectivity index (χ4v) is 9.10. The van der Waals surface area contributed by atoms with Gasteiger partial charge in [0.25, 0.3) is 0 Å². The van der Waals surface area contributed by atoms with Crippen LogP contribution in [0.25, 0.3) is 21.8 Å². The molecule has 4 heterocycles. The van der Waals surface area contributed by atoms with E-state index in [0.717, 1.165) is 0 Å². The van der Waals surface area contributed by atoms with E-state index in [1.54, 1.807) is 56.0 Å². The smallest absolute Gasteiger partial charge is 0.220 e. The van der Waals surface area contributed by atoms with Gasteiger partial charge in [-0.05, 0) is 94.5 Å². The molecule has 1 aromatic carbocycles. The summed E-state index contributed by atoms with van der Waals surface area (Å²) in [5.74, 6) is 10.7. The van der Waals surface area contributed by atoms with Gasteiger partial charge in [-0.1, -0.05) is 43.6 Å². The van der Waals surface area contributed by atoms with Crippen molar-refractivity contribution in [1.82, 2.24) is 14.9 Å². The first kappa shape index (κ1) is 43.0. The summed E-state index contributed by atoms with van der Waals surface area (Å²) in [5.41, 5.74) is -1.25. The molecule has 0 saturated carbocycles. The molecule has 2 saturated heterocycles. The van der Waals surface area contributed by atoms with Gasteiger partial charge in [-0.3, -0.25) is 19.4 Å². The number of H-pyrrole nitrogens is 1. The van der Waals surface area contributed by atoms with Gasteiger partial charge in [0.1, 0.15) is 29.8 Å². The number of phenols is 1. The number of Topliss-reactive ketones (excluding diaryl/α,β-unsaturated/α-hetero) is 2. The number of nitrogens with zero attached hydrogens (tertiary/aromatic N) is 2. The molecule has 10 atom stereocenters. The number of aromatic amines is 1. The van der Waals surface area contributed by atoms with Crippen LogP contribution in [0.2, 0.25) is 0 Å². The number of pyridine rings is 1. The van der Waals surface area contributed by atoms with Crippen molar-refractivity contribution in [3.63, 3.8) is 0 Å². The van der Waals surface area contributed by atoms with Crippen LogP contribution in [0.3, 0.4) is 0 Å². The van der Waals surface area contributed by atoms with Crippen molar-refractivity contribution in [3.05, 3.63) is 71.1 Å². The lowest BCUT2D eigenvalue weighted by Gasteiger charge is -2.50. The number of aliphatic hydroxyl groups excluding tert-OH is 1. The van der Waals surface area contributed by atoms with Gasteiger partial charge in [-0.15, -0.1) is 0 Å². The van der Waals surface area contributed by atoms with Crippen LogP contribution in [0.4, 0.5) is 0 Å². The van der Waals surface area contributed by atoms with Gasteiger partial charge >= 0.3 is 0 Å². The van der Waals surface area contributed by atoms with E-state index >= 15 is 0 Å². The number of phenolic OH excluding ortho intramolecular Hbond substituents is 1.